The molecular weight excluding hydrogens is 1970 g/mol. The van der Waals surface area contributed by atoms with E-state index in [0.29, 0.717) is 16.8 Å². The molecule has 0 saturated heterocycles. The van der Waals surface area contributed by atoms with Gasteiger partial charge >= 0.3 is 10.1 Å². The number of aromatic nitrogens is 13. The maximum absolute atomic E-state index is 14.0. The van der Waals surface area contributed by atoms with Gasteiger partial charge in [-0.25, -0.2) is 42.1 Å². The average Bonchev–Trinajstić information content (AvgIpc) is 0.753. The van der Waals surface area contributed by atoms with Gasteiger partial charge in [0.25, 0.3) is 53.5 Å². The number of benzene rings is 6. The molecule has 8 heterocycles. The summed E-state index contributed by atoms with van der Waals surface area (Å²) in [6, 6.07) is 47.4. The Bertz CT molecular complexity index is 6940. The van der Waals surface area contributed by atoms with Crippen molar-refractivity contribution >= 4 is 160 Å². The van der Waals surface area contributed by atoms with Gasteiger partial charge in [0.05, 0.1) is 53.7 Å². The van der Waals surface area contributed by atoms with E-state index < -0.39 is 41.7 Å². The number of nitrogen functional groups attached to an aromatic ring is 1. The number of thioether (sulfide) groups is 1. The number of halogens is 5. The van der Waals surface area contributed by atoms with Gasteiger partial charge < -0.3 is 54.0 Å². The Morgan fingerprint density at radius 3 is 1.33 bits per heavy atom. The fourth-order valence-corrected chi connectivity index (χ4v) is 13.2. The SMILES string of the molecule is C.C.C.CC(=O)CC(C)=O.CNc1cc(=O)n(C)c(SC)n1.CNc1cc(=O)n(C)cn1.Cc1ccc(S(=O)(=O)Cl)cc1.Cc1ccc(S(=O)(=O)Oc2cc(=O)n(C)c3ncn(C)c(=O)c23)cc1.Cn1cnc2c(c(Nc3ccc(I)cc3F)cc(=O)n2C)c1=O.Cn1cnc2c(c(O)cc(=O)n2C)c1=O.Nc1ccc(I)cc1F.c1ccc(Oc2ccccc2)cc1. The molecule has 6 aromatic carbocycles. The number of ether oxygens (including phenoxy) is 1. The third-order valence-corrected chi connectivity index (χ3v) is 21.5. The number of nitrogens with zero attached hydrogens (tertiary/aromatic N) is 13. The number of carbonyl (C=O) groups is 2. The van der Waals surface area contributed by atoms with Crippen LogP contribution in [0.4, 0.5) is 37.5 Å². The number of carbonyl (C=O) groups excluding carboxylic acids is 2. The van der Waals surface area contributed by atoms with Gasteiger partial charge in [0.2, 0.25) is 0 Å². The molecule has 0 aliphatic carbocycles. The maximum atomic E-state index is 14.0. The number of aryl methyl sites for hydroxylation is 9. The fraction of sp³-hybridized carbons (Fsp3) is 0.221. The summed E-state index contributed by atoms with van der Waals surface area (Å²) in [6.07, 6.45) is 7.36. The number of aromatic hydroxyl groups is 1. The summed E-state index contributed by atoms with van der Waals surface area (Å²) in [5.74, 6) is 1.34. The Morgan fingerprint density at radius 2 is 0.898 bits per heavy atom. The van der Waals surface area contributed by atoms with Crippen molar-refractivity contribution in [1.82, 2.24) is 61.5 Å². The summed E-state index contributed by atoms with van der Waals surface area (Å²) in [6.45, 7) is 6.51. The molecule has 682 valence electrons. The lowest BCUT2D eigenvalue weighted by atomic mass is 10.2. The second-order valence-electron chi connectivity index (χ2n) is 26.4. The largest absolute Gasteiger partial charge is 0.507 e. The van der Waals surface area contributed by atoms with Gasteiger partial charge in [-0.15, -0.1) is 0 Å². The molecule has 14 aromatic rings. The highest BCUT2D eigenvalue weighted by Crippen LogP contribution is 2.27. The summed E-state index contributed by atoms with van der Waals surface area (Å²) in [5.41, 5.74) is 5.60. The highest BCUT2D eigenvalue weighted by Gasteiger charge is 2.23. The first-order valence-corrected chi connectivity index (χ1v) is 43.5. The topological polar surface area (TPSA) is 444 Å². The molecule has 0 spiro atoms. The molecule has 0 atom stereocenters. The number of ketones is 2. The number of rotatable bonds is 13. The lowest BCUT2D eigenvalue weighted by Crippen LogP contribution is -2.25. The lowest BCUT2D eigenvalue weighted by molar-refractivity contribution is -0.124. The lowest BCUT2D eigenvalue weighted by Gasteiger charge is -2.12. The molecule has 8 aromatic heterocycles. The molecule has 0 aliphatic heterocycles. The van der Waals surface area contributed by atoms with Crippen LogP contribution in [0.25, 0.3) is 33.1 Å². The molecule has 0 saturated carbocycles. The van der Waals surface area contributed by atoms with Crippen molar-refractivity contribution < 1.29 is 49.2 Å². The minimum Gasteiger partial charge on any atom is -0.507 e. The van der Waals surface area contributed by atoms with Gasteiger partial charge in [-0.1, -0.05) is 106 Å². The first kappa shape index (κ1) is 109. The highest BCUT2D eigenvalue weighted by atomic mass is 127. The monoisotopic (exact) mass is 2060 g/mol. The molecule has 42 heteroatoms. The van der Waals surface area contributed by atoms with Crippen LogP contribution in [-0.4, -0.2) is 115 Å². The van der Waals surface area contributed by atoms with Crippen molar-refractivity contribution in [2.45, 2.75) is 71.3 Å². The zero-order valence-electron chi connectivity index (χ0n) is 69.7. The Kier molecular flexibility index (Phi) is 43.1. The van der Waals surface area contributed by atoms with Crippen molar-refractivity contribution in [3.8, 4) is 23.0 Å². The first-order valence-electron chi connectivity index (χ1n) is 36.4. The van der Waals surface area contributed by atoms with E-state index in [4.69, 9.17) is 25.3 Å². The number of para-hydroxylation sites is 2. The van der Waals surface area contributed by atoms with E-state index in [2.05, 4.69) is 40.9 Å². The molecule has 34 nitrogen and oxygen atoms in total. The van der Waals surface area contributed by atoms with Gasteiger partial charge in [-0.2, -0.15) is 8.42 Å². The number of anilines is 5. The Hall–Kier alpha value is -12.9. The van der Waals surface area contributed by atoms with E-state index >= 15 is 0 Å². The third kappa shape index (κ3) is 31.6. The Morgan fingerprint density at radius 1 is 0.492 bits per heavy atom. The van der Waals surface area contributed by atoms with Gasteiger partial charge in [-0.05, 0) is 164 Å². The molecule has 0 amide bonds. The summed E-state index contributed by atoms with van der Waals surface area (Å²) in [7, 11) is 13.2. The summed E-state index contributed by atoms with van der Waals surface area (Å²) < 4.78 is 95.5. The molecule has 0 unspecified atom stereocenters. The van der Waals surface area contributed by atoms with E-state index in [1.807, 2.05) is 126 Å². The van der Waals surface area contributed by atoms with Crippen LogP contribution >= 0.6 is 67.6 Å². The minimum atomic E-state index is -4.20. The molecule has 0 radical (unpaired) electrons. The van der Waals surface area contributed by atoms with E-state index in [0.717, 1.165) is 46.5 Å². The quantitative estimate of drug-likeness (QED) is 0.0136. The van der Waals surface area contributed by atoms with Crippen molar-refractivity contribution in [3.63, 3.8) is 0 Å². The van der Waals surface area contributed by atoms with Gasteiger partial charge in [0.15, 0.2) is 27.8 Å². The van der Waals surface area contributed by atoms with Crippen LogP contribution in [0.15, 0.2) is 255 Å². The molecule has 0 bridgehead atoms. The number of Topliss-reactive ketones (excluding diaryl/α,β-unsaturated/α-hetero) is 2. The van der Waals surface area contributed by atoms with Crippen molar-refractivity contribution in [2.75, 3.05) is 42.0 Å². The number of hydrogen-bond donors (Lipinski definition) is 5. The molecule has 128 heavy (non-hydrogen) atoms. The standard InChI is InChI=1S/C16H15N3O5S.C15H12FIN4O2.C12H10O.C9H9N3O3.C7H7ClO2S.C7H11N3OS.C6H5FIN.C6H9N3O.C5H8O2.3CH4/c1-10-4-6-11(7-5-10)25(22,23)24-12-8-13(20)19(3)15-14(12)16(21)18(2)9-17-15;1-20-7-18-14-13(15(20)23)11(6-12(22)21(14)2)19-10-4-3-8(17)5-9(10)16;1-3-7-11(8-4-1)13-12-9-5-2-6-10-12;1-11-4-10-8-7(9(11)15)5(13)3-6(14)12(8)2;1-6-2-4-7(5-3-6)11(8,9)10;1-8-5-4-6(11)10(2)7(9-5)12-3;7-5-3-4(8)1-2-6(5)9;1-7-5-3-6(10)9(2)4-8-5;1-4(6)3-5(2)7;;;/h4-9H,1-3H3;3-7,19H,1-2H3;1-10H;3-4,13H,1-2H3;2-5H,1H3;4,8H,1-3H3;1-3H,9H2;3-4,7H,1-2H3;3H2,1-2H3;3*1H4. The second-order valence-corrected chi connectivity index (χ2v) is 33.8. The minimum absolute atomic E-state index is 0. The predicted molar refractivity (Wildman–Crippen MR) is 516 cm³/mol. The van der Waals surface area contributed by atoms with Crippen LogP contribution in [0, 0.1) is 32.6 Å². The van der Waals surface area contributed by atoms with Gasteiger partial charge in [-0.3, -0.25) is 66.2 Å². The number of pyridine rings is 3. The van der Waals surface area contributed by atoms with Crippen LogP contribution < -0.4 is 75.1 Å². The van der Waals surface area contributed by atoms with Crippen LogP contribution in [0.5, 0.6) is 23.0 Å². The van der Waals surface area contributed by atoms with Crippen LogP contribution in [0.2, 0.25) is 0 Å². The Labute approximate surface area is 771 Å². The highest BCUT2D eigenvalue weighted by molar-refractivity contribution is 14.1. The fourth-order valence-electron chi connectivity index (χ4n) is 10.1. The number of fused-ring (bicyclic) bond motifs is 3. The summed E-state index contributed by atoms with van der Waals surface area (Å²) >= 11 is 5.48. The van der Waals surface area contributed by atoms with Crippen molar-refractivity contribution in [3.05, 3.63) is 314 Å². The second kappa shape index (κ2) is 50.5. The van der Waals surface area contributed by atoms with Gasteiger partial charge in [0, 0.05) is 119 Å². The van der Waals surface area contributed by atoms with Crippen molar-refractivity contribution in [2.24, 2.45) is 56.4 Å². The summed E-state index contributed by atoms with van der Waals surface area (Å²) in [4.78, 5) is 134. The zero-order valence-corrected chi connectivity index (χ0v) is 77.3. The molecular formula is C86H98ClF2I2N17O17S3. The van der Waals surface area contributed by atoms with E-state index in [1.54, 1.807) is 83.8 Å². The van der Waals surface area contributed by atoms with Crippen LogP contribution in [-0.2, 0) is 85.1 Å². The summed E-state index contributed by atoms with van der Waals surface area (Å²) in [5, 5.41) is 18.9. The van der Waals surface area contributed by atoms with Crippen LogP contribution in [0.3, 0.4) is 0 Å². The smallest absolute Gasteiger partial charge is 0.339 e. The molecule has 0 aliphatic rings. The van der Waals surface area contributed by atoms with Gasteiger partial charge in [0.1, 0.15) is 73.1 Å². The predicted octanol–water partition coefficient (Wildman–Crippen LogP) is 12.4. The number of nitrogens with two attached hydrogens (primary N) is 1. The maximum Gasteiger partial charge on any atom is 0.339 e. The van der Waals surface area contributed by atoms with E-state index in [-0.39, 0.29) is 145 Å². The number of nitrogens with one attached hydrogen (secondary N) is 3. The molecule has 14 rings (SSSR count). The normalized spacial score (nSPS) is 10.2. The van der Waals surface area contributed by atoms with E-state index in [1.165, 1.54) is 173 Å². The molecule has 0 fully saturated rings. The number of hydrogen-bond acceptors (Lipinski definition) is 27. The first-order chi connectivity index (χ1) is 58.8. The average molecular weight is 2070 g/mol. The third-order valence-electron chi connectivity index (χ3n) is 16.8. The zero-order chi connectivity index (χ0) is 93.1. The molecule has 6 N–H and O–H groups in total. The van der Waals surface area contributed by atoms with Crippen molar-refractivity contribution in [1.29, 1.82) is 0 Å². The Balaban J connectivity index is 0.000000381. The van der Waals surface area contributed by atoms with E-state index in [9.17, 15) is 78.7 Å². The van der Waals surface area contributed by atoms with Crippen LogP contribution in [0.1, 0.15) is 53.7 Å².